The van der Waals surface area contributed by atoms with Crippen LogP contribution in [0.3, 0.4) is 0 Å². The zero-order valence-corrected chi connectivity index (χ0v) is 17.0. The Morgan fingerprint density at radius 1 is 1.43 bits per heavy atom. The minimum absolute atomic E-state index is 0.0906. The van der Waals surface area contributed by atoms with Gasteiger partial charge < -0.3 is 14.8 Å². The van der Waals surface area contributed by atoms with Crippen LogP contribution >= 0.6 is 11.8 Å². The van der Waals surface area contributed by atoms with Gasteiger partial charge in [-0.1, -0.05) is 18.6 Å². The Hall–Kier alpha value is -2.07. The SMILES string of the molecule is CC=CS(=O)(=O)OC(=O)C(CCC[C@@H]1SC[C@@H]2NC(=O)N[C@@H]21)c1ccccn1. The fourth-order valence-electron chi connectivity index (χ4n) is 3.50. The lowest BCUT2D eigenvalue weighted by Crippen LogP contribution is -2.36. The monoisotopic (exact) mass is 425 g/mol. The fourth-order valence-corrected chi connectivity index (χ4v) is 5.78. The molecule has 2 aliphatic heterocycles. The normalized spacial score (nSPS) is 25.2. The molecule has 0 aromatic carbocycles. The van der Waals surface area contributed by atoms with Gasteiger partial charge in [-0.05, 0) is 31.9 Å². The second-order valence-electron chi connectivity index (χ2n) is 6.72. The molecule has 1 unspecified atom stereocenters. The van der Waals surface area contributed by atoms with Gasteiger partial charge in [-0.15, -0.1) is 0 Å². The largest absolute Gasteiger partial charge is 0.342 e. The van der Waals surface area contributed by atoms with Crippen molar-refractivity contribution in [2.45, 2.75) is 49.4 Å². The van der Waals surface area contributed by atoms with Gasteiger partial charge in [0.1, 0.15) is 5.92 Å². The molecule has 152 valence electrons. The van der Waals surface area contributed by atoms with E-state index in [4.69, 9.17) is 4.18 Å². The van der Waals surface area contributed by atoms with Crippen LogP contribution in [-0.2, 0) is 19.1 Å². The van der Waals surface area contributed by atoms with Crippen molar-refractivity contribution in [3.63, 3.8) is 0 Å². The maximum Gasteiger partial charge on any atom is 0.334 e. The molecule has 3 heterocycles. The molecule has 0 saturated carbocycles. The first-order valence-corrected chi connectivity index (χ1v) is 11.6. The summed E-state index contributed by atoms with van der Waals surface area (Å²) in [4.78, 5) is 28.2. The molecule has 8 nitrogen and oxygen atoms in total. The molecule has 28 heavy (non-hydrogen) atoms. The van der Waals surface area contributed by atoms with Gasteiger partial charge in [0.2, 0.25) is 0 Å². The minimum Gasteiger partial charge on any atom is -0.342 e. The highest BCUT2D eigenvalue weighted by Crippen LogP contribution is 2.34. The second-order valence-corrected chi connectivity index (χ2v) is 9.42. The van der Waals surface area contributed by atoms with Crippen LogP contribution in [0.2, 0.25) is 0 Å². The van der Waals surface area contributed by atoms with E-state index >= 15 is 0 Å². The summed E-state index contributed by atoms with van der Waals surface area (Å²) in [5.41, 5.74) is 0.482. The van der Waals surface area contributed by atoms with Gasteiger partial charge in [0.25, 0.3) is 0 Å². The summed E-state index contributed by atoms with van der Waals surface area (Å²) in [6, 6.07) is 5.27. The van der Waals surface area contributed by atoms with Gasteiger partial charge in [0, 0.05) is 17.2 Å². The number of carbonyl (C=O) groups is 2. The number of urea groups is 1. The van der Waals surface area contributed by atoms with Gasteiger partial charge >= 0.3 is 22.1 Å². The molecule has 3 rings (SSSR count). The van der Waals surface area contributed by atoms with Gasteiger partial charge in [-0.2, -0.15) is 20.2 Å². The van der Waals surface area contributed by atoms with E-state index in [0.717, 1.165) is 17.6 Å². The predicted molar refractivity (Wildman–Crippen MR) is 106 cm³/mol. The molecule has 2 fully saturated rings. The number of aromatic nitrogens is 1. The van der Waals surface area contributed by atoms with E-state index in [-0.39, 0.29) is 23.4 Å². The molecular formula is C18H23N3O5S2. The highest BCUT2D eigenvalue weighted by Gasteiger charge is 2.42. The standard InChI is InChI=1S/C18H23N3O5S2/c1-2-10-28(24,25)26-17(22)12(13-7-3-4-9-19-13)6-5-8-15-16-14(11-27-15)20-18(23)21-16/h2-4,7,9-10,12,14-16H,5-6,8,11H2,1H3,(H2,20,21,23)/t12?,14-,15-,16-/m0/s1. The lowest BCUT2D eigenvalue weighted by Gasteiger charge is -2.18. The van der Waals surface area contributed by atoms with E-state index in [9.17, 15) is 18.0 Å². The Morgan fingerprint density at radius 2 is 2.25 bits per heavy atom. The molecule has 0 radical (unpaired) electrons. The van der Waals surface area contributed by atoms with Gasteiger partial charge in [0.15, 0.2) is 0 Å². The van der Waals surface area contributed by atoms with Crippen LogP contribution in [0.5, 0.6) is 0 Å². The molecule has 2 aliphatic rings. The number of fused-ring (bicyclic) bond motifs is 1. The van der Waals surface area contributed by atoms with E-state index in [1.807, 2.05) is 0 Å². The molecule has 0 aliphatic carbocycles. The lowest BCUT2D eigenvalue weighted by molar-refractivity contribution is -0.135. The van der Waals surface area contributed by atoms with Crippen molar-refractivity contribution < 1.29 is 22.2 Å². The molecule has 4 atom stereocenters. The Labute approximate surface area is 168 Å². The van der Waals surface area contributed by atoms with E-state index in [1.165, 1.54) is 13.0 Å². The quantitative estimate of drug-likeness (QED) is 0.483. The average molecular weight is 426 g/mol. The summed E-state index contributed by atoms with van der Waals surface area (Å²) in [7, 11) is -4.06. The van der Waals surface area contributed by atoms with E-state index in [0.29, 0.717) is 18.5 Å². The highest BCUT2D eigenvalue weighted by atomic mass is 32.2. The van der Waals surface area contributed by atoms with Crippen molar-refractivity contribution in [3.05, 3.63) is 41.6 Å². The summed E-state index contributed by atoms with van der Waals surface area (Å²) in [5, 5.41) is 6.95. The Balaban J connectivity index is 1.63. The van der Waals surface area contributed by atoms with Crippen LogP contribution in [0.25, 0.3) is 0 Å². The van der Waals surface area contributed by atoms with Crippen molar-refractivity contribution in [1.29, 1.82) is 0 Å². The van der Waals surface area contributed by atoms with Crippen LogP contribution in [-0.4, -0.2) is 48.5 Å². The summed E-state index contributed by atoms with van der Waals surface area (Å²) in [6.07, 6.45) is 4.75. The first-order valence-electron chi connectivity index (χ1n) is 9.10. The molecule has 1 aromatic heterocycles. The maximum atomic E-state index is 12.5. The van der Waals surface area contributed by atoms with Crippen molar-refractivity contribution in [2.75, 3.05) is 5.75 Å². The average Bonchev–Trinajstić information content (AvgIpc) is 3.18. The van der Waals surface area contributed by atoms with E-state index < -0.39 is 22.0 Å². The molecule has 0 bridgehead atoms. The van der Waals surface area contributed by atoms with Crippen molar-refractivity contribution in [1.82, 2.24) is 15.6 Å². The zero-order valence-electron chi connectivity index (χ0n) is 15.4. The third-order valence-corrected chi connectivity index (χ3v) is 7.26. The molecule has 2 saturated heterocycles. The number of carbonyl (C=O) groups excluding carboxylic acids is 2. The van der Waals surface area contributed by atoms with Crippen LogP contribution in [0.15, 0.2) is 35.9 Å². The summed E-state index contributed by atoms with van der Waals surface area (Å²) in [6.45, 7) is 1.53. The Kier molecular flexibility index (Phi) is 6.61. The molecule has 2 amide bonds. The number of thioether (sulfide) groups is 1. The number of rotatable bonds is 8. The number of hydrogen-bond acceptors (Lipinski definition) is 7. The Morgan fingerprint density at radius 3 is 2.96 bits per heavy atom. The van der Waals surface area contributed by atoms with Crippen molar-refractivity contribution in [2.24, 2.45) is 0 Å². The number of allylic oxidation sites excluding steroid dienone is 1. The molecule has 1 aromatic rings. The van der Waals surface area contributed by atoms with Crippen LogP contribution < -0.4 is 10.6 Å². The predicted octanol–water partition coefficient (Wildman–Crippen LogP) is 1.91. The summed E-state index contributed by atoms with van der Waals surface area (Å²) >= 11 is 1.79. The zero-order chi connectivity index (χ0) is 20.1. The third-order valence-electron chi connectivity index (χ3n) is 4.75. The van der Waals surface area contributed by atoms with E-state index in [2.05, 4.69) is 15.6 Å². The molecule has 0 spiro atoms. The van der Waals surface area contributed by atoms with Gasteiger partial charge in [-0.3, -0.25) is 9.78 Å². The van der Waals surface area contributed by atoms with Gasteiger partial charge in [0.05, 0.1) is 23.2 Å². The minimum atomic E-state index is -4.06. The first kappa shape index (κ1) is 20.7. The number of nitrogens with zero attached hydrogens (tertiary/aromatic N) is 1. The van der Waals surface area contributed by atoms with Crippen LogP contribution in [0, 0.1) is 0 Å². The lowest BCUT2D eigenvalue weighted by atomic mass is 9.95. The second kappa shape index (κ2) is 8.95. The van der Waals surface area contributed by atoms with Crippen LogP contribution in [0.1, 0.15) is 37.8 Å². The molecular weight excluding hydrogens is 402 g/mol. The number of pyridine rings is 1. The molecule has 10 heteroatoms. The summed E-state index contributed by atoms with van der Waals surface area (Å²) < 4.78 is 28.4. The van der Waals surface area contributed by atoms with Gasteiger partial charge in [-0.25, -0.2) is 4.79 Å². The number of nitrogens with one attached hydrogen (secondary N) is 2. The topological polar surface area (TPSA) is 114 Å². The fraction of sp³-hybridized carbons (Fsp3) is 0.500. The van der Waals surface area contributed by atoms with Crippen molar-refractivity contribution in [3.8, 4) is 0 Å². The van der Waals surface area contributed by atoms with Crippen molar-refractivity contribution >= 4 is 33.9 Å². The summed E-state index contributed by atoms with van der Waals surface area (Å²) in [5.74, 6) is -0.731. The highest BCUT2D eigenvalue weighted by molar-refractivity contribution is 8.00. The Bertz CT molecular complexity index is 844. The number of hydrogen-bond donors (Lipinski definition) is 2. The smallest absolute Gasteiger partial charge is 0.334 e. The van der Waals surface area contributed by atoms with Crippen LogP contribution in [0.4, 0.5) is 4.79 Å². The third kappa shape index (κ3) is 5.05. The first-order chi connectivity index (χ1) is 13.4. The molecule has 2 N–H and O–H groups in total. The van der Waals surface area contributed by atoms with E-state index in [1.54, 1.807) is 36.2 Å². The number of amides is 2. The maximum absolute atomic E-state index is 12.5.